The maximum absolute atomic E-state index is 11.9. The van der Waals surface area contributed by atoms with Crippen LogP contribution in [-0.2, 0) is 0 Å². The van der Waals surface area contributed by atoms with Crippen LogP contribution in [-0.4, -0.2) is 21.8 Å². The Bertz CT molecular complexity index is 654. The van der Waals surface area contributed by atoms with Gasteiger partial charge in [0, 0.05) is 17.9 Å². The summed E-state index contributed by atoms with van der Waals surface area (Å²) in [5.74, 6) is -0.568. The number of benzene rings is 1. The third-order valence-electron chi connectivity index (χ3n) is 2.29. The molecule has 2 N–H and O–H groups in total. The molecule has 0 fully saturated rings. The zero-order valence-electron chi connectivity index (χ0n) is 9.81. The van der Waals surface area contributed by atoms with Crippen molar-refractivity contribution in [2.75, 3.05) is 5.32 Å². The minimum Gasteiger partial charge on any atom is -0.507 e. The molecule has 1 heterocycles. The number of hydrogen-bond donors (Lipinski definition) is 2. The Labute approximate surface area is 121 Å². The zero-order chi connectivity index (χ0) is 14.0. The molecule has 19 heavy (non-hydrogen) atoms. The standard InChI is InChI=1S/C12H9BrN2O3S/c1-6(16)9-5-19-12(14-9)15-11(18)7-2-3-8(13)10(17)4-7/h2-5,17H,1H3,(H,14,15,18). The van der Waals surface area contributed by atoms with E-state index in [9.17, 15) is 14.7 Å². The van der Waals surface area contributed by atoms with Gasteiger partial charge in [0.25, 0.3) is 5.91 Å². The van der Waals surface area contributed by atoms with Crippen molar-refractivity contribution < 1.29 is 14.7 Å². The Hall–Kier alpha value is -1.73. The van der Waals surface area contributed by atoms with E-state index in [0.29, 0.717) is 20.9 Å². The second-order valence-corrected chi connectivity index (χ2v) is 5.43. The van der Waals surface area contributed by atoms with E-state index in [0.717, 1.165) is 0 Å². The van der Waals surface area contributed by atoms with Gasteiger partial charge in [-0.15, -0.1) is 11.3 Å². The first kappa shape index (κ1) is 13.7. The van der Waals surface area contributed by atoms with Gasteiger partial charge in [-0.25, -0.2) is 4.98 Å². The number of carbonyl (C=O) groups is 2. The van der Waals surface area contributed by atoms with Crippen LogP contribution in [0.25, 0.3) is 0 Å². The van der Waals surface area contributed by atoms with E-state index < -0.39 is 5.91 Å². The molecule has 2 rings (SSSR count). The third kappa shape index (κ3) is 3.18. The van der Waals surface area contributed by atoms with E-state index >= 15 is 0 Å². The quantitative estimate of drug-likeness (QED) is 0.841. The summed E-state index contributed by atoms with van der Waals surface area (Å²) in [5, 5.41) is 14.0. The molecule has 7 heteroatoms. The number of phenolic OH excluding ortho intramolecular Hbond substituents is 1. The van der Waals surface area contributed by atoms with Gasteiger partial charge in [-0.3, -0.25) is 14.9 Å². The summed E-state index contributed by atoms with van der Waals surface area (Å²) in [6, 6.07) is 4.49. The van der Waals surface area contributed by atoms with Crippen molar-refractivity contribution in [3.05, 3.63) is 39.3 Å². The molecule has 0 aliphatic heterocycles. The van der Waals surface area contributed by atoms with Gasteiger partial charge >= 0.3 is 0 Å². The van der Waals surface area contributed by atoms with Crippen molar-refractivity contribution in [3.63, 3.8) is 0 Å². The SMILES string of the molecule is CC(=O)c1csc(NC(=O)c2ccc(Br)c(O)c2)n1. The molecule has 0 aliphatic rings. The Kier molecular flexibility index (Phi) is 3.96. The molecule has 0 unspecified atom stereocenters. The summed E-state index contributed by atoms with van der Waals surface area (Å²) in [5.41, 5.74) is 0.624. The normalized spacial score (nSPS) is 10.2. The number of ketones is 1. The predicted octanol–water partition coefficient (Wildman–Crippen LogP) is 3.07. The summed E-state index contributed by atoms with van der Waals surface area (Å²) in [4.78, 5) is 27.0. The van der Waals surface area contributed by atoms with Gasteiger partial charge < -0.3 is 5.11 Å². The first-order valence-corrected chi connectivity index (χ1v) is 6.91. The van der Waals surface area contributed by atoms with E-state index in [1.54, 1.807) is 17.5 Å². The number of Topliss-reactive ketones (excluding diaryl/α,β-unsaturated/α-hetero) is 1. The van der Waals surface area contributed by atoms with Crippen LogP contribution in [0, 0.1) is 0 Å². The van der Waals surface area contributed by atoms with Crippen molar-refractivity contribution in [2.24, 2.45) is 0 Å². The highest BCUT2D eigenvalue weighted by molar-refractivity contribution is 9.10. The Morgan fingerprint density at radius 3 is 2.74 bits per heavy atom. The lowest BCUT2D eigenvalue weighted by Crippen LogP contribution is -2.11. The van der Waals surface area contributed by atoms with Gasteiger partial charge in [-0.1, -0.05) is 0 Å². The van der Waals surface area contributed by atoms with Gasteiger partial charge in [0.2, 0.25) is 0 Å². The van der Waals surface area contributed by atoms with E-state index in [1.807, 2.05) is 0 Å². The number of rotatable bonds is 3. The number of hydrogen-bond acceptors (Lipinski definition) is 5. The molecular formula is C12H9BrN2O3S. The highest BCUT2D eigenvalue weighted by atomic mass is 79.9. The number of anilines is 1. The molecule has 2 aromatic rings. The molecule has 1 aromatic heterocycles. The smallest absolute Gasteiger partial charge is 0.257 e. The maximum Gasteiger partial charge on any atom is 0.257 e. The second kappa shape index (κ2) is 5.50. The number of nitrogens with zero attached hydrogens (tertiary/aromatic N) is 1. The molecule has 0 saturated heterocycles. The maximum atomic E-state index is 11.9. The number of halogens is 1. The molecule has 0 saturated carbocycles. The first-order valence-electron chi connectivity index (χ1n) is 5.23. The minimum absolute atomic E-state index is 0.0174. The fourth-order valence-electron chi connectivity index (χ4n) is 1.32. The number of thiazole rings is 1. The van der Waals surface area contributed by atoms with Gasteiger partial charge in [-0.05, 0) is 34.1 Å². The fraction of sp³-hybridized carbons (Fsp3) is 0.0833. The summed E-state index contributed by atoms with van der Waals surface area (Å²) in [6.07, 6.45) is 0. The highest BCUT2D eigenvalue weighted by Crippen LogP contribution is 2.25. The van der Waals surface area contributed by atoms with Crippen LogP contribution in [0.5, 0.6) is 5.75 Å². The van der Waals surface area contributed by atoms with Crippen LogP contribution in [0.15, 0.2) is 28.1 Å². The van der Waals surface area contributed by atoms with Crippen LogP contribution in [0.2, 0.25) is 0 Å². The molecule has 0 spiro atoms. The van der Waals surface area contributed by atoms with Crippen LogP contribution < -0.4 is 5.32 Å². The molecule has 0 radical (unpaired) electrons. The van der Waals surface area contributed by atoms with E-state index in [-0.39, 0.29) is 11.5 Å². The molecule has 0 atom stereocenters. The van der Waals surface area contributed by atoms with Gasteiger partial charge in [0.15, 0.2) is 10.9 Å². The number of carbonyl (C=O) groups excluding carboxylic acids is 2. The number of nitrogens with one attached hydrogen (secondary N) is 1. The minimum atomic E-state index is -0.396. The Balaban J connectivity index is 2.15. The Morgan fingerprint density at radius 2 is 2.16 bits per heavy atom. The average molecular weight is 341 g/mol. The first-order chi connectivity index (χ1) is 8.97. The van der Waals surface area contributed by atoms with Crippen molar-refractivity contribution >= 4 is 44.1 Å². The number of aromatic nitrogens is 1. The lowest BCUT2D eigenvalue weighted by molar-refractivity contribution is 0.100. The van der Waals surface area contributed by atoms with Crippen LogP contribution >= 0.6 is 27.3 Å². The third-order valence-corrected chi connectivity index (χ3v) is 3.72. The van der Waals surface area contributed by atoms with Crippen LogP contribution in [0.4, 0.5) is 5.13 Å². The van der Waals surface area contributed by atoms with Crippen molar-refractivity contribution in [1.29, 1.82) is 0 Å². The lowest BCUT2D eigenvalue weighted by atomic mass is 10.2. The summed E-state index contributed by atoms with van der Waals surface area (Å²) >= 11 is 4.31. The van der Waals surface area contributed by atoms with Crippen LogP contribution in [0.3, 0.4) is 0 Å². The number of phenols is 1. The largest absolute Gasteiger partial charge is 0.507 e. The average Bonchev–Trinajstić information content (AvgIpc) is 2.81. The summed E-state index contributed by atoms with van der Waals surface area (Å²) in [7, 11) is 0. The van der Waals surface area contributed by atoms with Crippen molar-refractivity contribution in [2.45, 2.75) is 6.92 Å². The zero-order valence-corrected chi connectivity index (χ0v) is 12.2. The fourth-order valence-corrected chi connectivity index (χ4v) is 2.31. The van der Waals surface area contributed by atoms with E-state index in [2.05, 4.69) is 26.2 Å². The molecule has 1 aromatic carbocycles. The lowest BCUT2D eigenvalue weighted by Gasteiger charge is -2.03. The predicted molar refractivity (Wildman–Crippen MR) is 75.9 cm³/mol. The monoisotopic (exact) mass is 340 g/mol. The Morgan fingerprint density at radius 1 is 1.42 bits per heavy atom. The van der Waals surface area contributed by atoms with Crippen molar-refractivity contribution in [1.82, 2.24) is 4.98 Å². The van der Waals surface area contributed by atoms with Gasteiger partial charge in [0.1, 0.15) is 11.4 Å². The number of aromatic hydroxyl groups is 1. The summed E-state index contributed by atoms with van der Waals surface area (Å²) in [6.45, 7) is 1.41. The molecule has 98 valence electrons. The van der Waals surface area contributed by atoms with Crippen LogP contribution in [0.1, 0.15) is 27.8 Å². The van der Waals surface area contributed by atoms with Gasteiger partial charge in [-0.2, -0.15) is 0 Å². The molecule has 0 aliphatic carbocycles. The van der Waals surface area contributed by atoms with Gasteiger partial charge in [0.05, 0.1) is 4.47 Å². The van der Waals surface area contributed by atoms with Crippen molar-refractivity contribution in [3.8, 4) is 5.75 Å². The molecule has 1 amide bonds. The summed E-state index contributed by atoms with van der Waals surface area (Å²) < 4.78 is 0.511. The topological polar surface area (TPSA) is 79.3 Å². The second-order valence-electron chi connectivity index (χ2n) is 3.71. The molecule has 0 bridgehead atoms. The molecule has 5 nitrogen and oxygen atoms in total. The van der Waals surface area contributed by atoms with E-state index in [4.69, 9.17) is 0 Å². The number of amides is 1. The highest BCUT2D eigenvalue weighted by Gasteiger charge is 2.12. The van der Waals surface area contributed by atoms with E-state index in [1.165, 1.54) is 24.3 Å². The molecular weight excluding hydrogens is 332 g/mol.